The molecule has 0 saturated heterocycles. The van der Waals surface area contributed by atoms with Crippen LogP contribution in [0.25, 0.3) is 11.3 Å². The summed E-state index contributed by atoms with van der Waals surface area (Å²) in [6.07, 6.45) is 1.20. The van der Waals surface area contributed by atoms with Gasteiger partial charge < -0.3 is 15.4 Å². The number of hydrogen-bond donors (Lipinski definition) is 2. The molecular weight excluding hydrogens is 340 g/mol. The van der Waals surface area contributed by atoms with Gasteiger partial charge >= 0.3 is 0 Å². The molecule has 0 unspecified atom stereocenters. The molecule has 0 fully saturated rings. The van der Waals surface area contributed by atoms with E-state index in [0.29, 0.717) is 39.9 Å². The highest BCUT2D eigenvalue weighted by Gasteiger charge is 2.32. The minimum Gasteiger partial charge on any atom is -0.487 e. The van der Waals surface area contributed by atoms with E-state index in [0.717, 1.165) is 11.1 Å². The van der Waals surface area contributed by atoms with E-state index in [4.69, 9.17) is 16.3 Å². The van der Waals surface area contributed by atoms with Crippen LogP contribution < -0.4 is 10.6 Å². The number of hydrogen-bond acceptors (Lipinski definition) is 3. The summed E-state index contributed by atoms with van der Waals surface area (Å²) in [7, 11) is 0. The van der Waals surface area contributed by atoms with E-state index in [1.54, 1.807) is 30.3 Å². The second-order valence-corrected chi connectivity index (χ2v) is 6.14. The molecule has 2 N–H and O–H groups in total. The quantitative estimate of drug-likeness (QED) is 0.807. The van der Waals surface area contributed by atoms with Crippen molar-refractivity contribution in [1.29, 1.82) is 0 Å². The SMILES string of the molecule is C=CC(=O)Nc1ccc2c(c1)/C(=C1/C(=O)Nc3ccc(Cl)cc31)OC2. The second-order valence-electron chi connectivity index (χ2n) is 5.70. The molecule has 0 spiro atoms. The van der Waals surface area contributed by atoms with Crippen molar-refractivity contribution in [3.63, 3.8) is 0 Å². The Bertz CT molecular complexity index is 979. The van der Waals surface area contributed by atoms with Crippen LogP contribution in [0.1, 0.15) is 16.7 Å². The van der Waals surface area contributed by atoms with Crippen molar-refractivity contribution in [3.05, 3.63) is 70.8 Å². The van der Waals surface area contributed by atoms with Crippen molar-refractivity contribution in [1.82, 2.24) is 0 Å². The molecule has 2 aromatic carbocycles. The summed E-state index contributed by atoms with van der Waals surface area (Å²) >= 11 is 6.08. The Balaban J connectivity index is 1.85. The molecule has 0 atom stereocenters. The van der Waals surface area contributed by atoms with Crippen LogP contribution in [0.4, 0.5) is 11.4 Å². The normalized spacial score (nSPS) is 17.4. The van der Waals surface area contributed by atoms with Gasteiger partial charge in [-0.1, -0.05) is 24.2 Å². The van der Waals surface area contributed by atoms with Crippen molar-refractivity contribution < 1.29 is 14.3 Å². The molecule has 0 aliphatic carbocycles. The third-order valence-corrected chi connectivity index (χ3v) is 4.37. The van der Waals surface area contributed by atoms with Gasteiger partial charge in [-0.2, -0.15) is 0 Å². The highest BCUT2D eigenvalue weighted by Crippen LogP contribution is 2.42. The highest BCUT2D eigenvalue weighted by molar-refractivity contribution is 6.38. The maximum atomic E-state index is 12.5. The third kappa shape index (κ3) is 2.58. The number of carbonyl (C=O) groups is 2. The minimum atomic E-state index is -0.302. The third-order valence-electron chi connectivity index (χ3n) is 4.13. The van der Waals surface area contributed by atoms with Gasteiger partial charge in [0, 0.05) is 33.1 Å². The largest absolute Gasteiger partial charge is 0.487 e. The molecule has 0 radical (unpaired) electrons. The van der Waals surface area contributed by atoms with Crippen LogP contribution >= 0.6 is 11.6 Å². The van der Waals surface area contributed by atoms with Gasteiger partial charge in [0.05, 0.1) is 5.57 Å². The maximum absolute atomic E-state index is 12.5. The van der Waals surface area contributed by atoms with E-state index in [9.17, 15) is 9.59 Å². The predicted octanol–water partition coefficient (Wildman–Crippen LogP) is 3.82. The molecule has 25 heavy (non-hydrogen) atoms. The fraction of sp³-hybridized carbons (Fsp3) is 0.0526. The standard InChI is InChI=1S/C19H13ClN2O3/c1-2-16(23)21-12-5-3-10-9-25-18(13(10)8-12)17-14-7-11(20)4-6-15(14)22-19(17)24/h2-8H,1,9H2,(H,21,23)(H,22,24)/b18-17-. The summed E-state index contributed by atoms with van der Waals surface area (Å²) in [5, 5.41) is 6.08. The van der Waals surface area contributed by atoms with E-state index in [1.807, 2.05) is 6.07 Å². The molecule has 0 aromatic heterocycles. The van der Waals surface area contributed by atoms with Crippen LogP contribution in [0.2, 0.25) is 5.02 Å². The van der Waals surface area contributed by atoms with Gasteiger partial charge in [0.25, 0.3) is 5.91 Å². The van der Waals surface area contributed by atoms with E-state index in [-0.39, 0.29) is 11.8 Å². The van der Waals surface area contributed by atoms with E-state index in [2.05, 4.69) is 17.2 Å². The first-order chi connectivity index (χ1) is 12.1. The number of carbonyl (C=O) groups excluding carboxylic acids is 2. The summed E-state index contributed by atoms with van der Waals surface area (Å²) in [5.74, 6) is -0.0485. The maximum Gasteiger partial charge on any atom is 0.260 e. The lowest BCUT2D eigenvalue weighted by Crippen LogP contribution is -2.08. The lowest BCUT2D eigenvalue weighted by Gasteiger charge is -2.07. The second kappa shape index (κ2) is 5.79. The molecule has 124 valence electrons. The van der Waals surface area contributed by atoms with E-state index in [1.165, 1.54) is 6.08 Å². The van der Waals surface area contributed by atoms with Crippen molar-refractivity contribution in [2.24, 2.45) is 0 Å². The topological polar surface area (TPSA) is 67.4 Å². The van der Waals surface area contributed by atoms with Crippen LogP contribution in [0.3, 0.4) is 0 Å². The van der Waals surface area contributed by atoms with Gasteiger partial charge in [-0.3, -0.25) is 9.59 Å². The molecule has 2 heterocycles. The zero-order chi connectivity index (χ0) is 17.6. The Hall–Kier alpha value is -3.05. The monoisotopic (exact) mass is 352 g/mol. The molecule has 2 aliphatic rings. The van der Waals surface area contributed by atoms with Crippen LogP contribution in [0.5, 0.6) is 0 Å². The molecule has 0 bridgehead atoms. The zero-order valence-electron chi connectivity index (χ0n) is 13.1. The number of nitrogens with one attached hydrogen (secondary N) is 2. The van der Waals surface area contributed by atoms with Crippen molar-refractivity contribution in [2.75, 3.05) is 10.6 Å². The Morgan fingerprint density at radius 3 is 2.88 bits per heavy atom. The number of halogens is 1. The zero-order valence-corrected chi connectivity index (χ0v) is 13.8. The van der Waals surface area contributed by atoms with Gasteiger partial charge in [-0.05, 0) is 36.4 Å². The average molecular weight is 353 g/mol. The minimum absolute atomic E-state index is 0.236. The summed E-state index contributed by atoms with van der Waals surface area (Å²) in [4.78, 5) is 24.0. The summed E-state index contributed by atoms with van der Waals surface area (Å²) < 4.78 is 5.80. The smallest absolute Gasteiger partial charge is 0.260 e. The van der Waals surface area contributed by atoms with Gasteiger partial charge in [0.2, 0.25) is 5.91 Å². The predicted molar refractivity (Wildman–Crippen MR) is 97.0 cm³/mol. The molecule has 6 heteroatoms. The molecule has 2 aromatic rings. The lowest BCUT2D eigenvalue weighted by atomic mass is 10.00. The van der Waals surface area contributed by atoms with Crippen LogP contribution in [0.15, 0.2) is 49.1 Å². The summed E-state index contributed by atoms with van der Waals surface area (Å²) in [6.45, 7) is 3.81. The first kappa shape index (κ1) is 15.5. The number of amides is 2. The summed E-state index contributed by atoms with van der Waals surface area (Å²) in [6, 6.07) is 10.7. The Morgan fingerprint density at radius 1 is 1.24 bits per heavy atom. The first-order valence-electron chi connectivity index (χ1n) is 7.62. The molecule has 5 nitrogen and oxygen atoms in total. The average Bonchev–Trinajstić information content (AvgIpc) is 3.14. The highest BCUT2D eigenvalue weighted by atomic mass is 35.5. The van der Waals surface area contributed by atoms with E-state index < -0.39 is 0 Å². The molecule has 4 rings (SSSR count). The van der Waals surface area contributed by atoms with Crippen molar-refractivity contribution in [3.8, 4) is 0 Å². The van der Waals surface area contributed by atoms with Crippen molar-refractivity contribution >= 4 is 46.1 Å². The van der Waals surface area contributed by atoms with Crippen LogP contribution in [0, 0.1) is 0 Å². The number of ether oxygens (including phenoxy) is 1. The first-order valence-corrected chi connectivity index (χ1v) is 7.99. The molecule has 2 amide bonds. The lowest BCUT2D eigenvalue weighted by molar-refractivity contribution is -0.112. The van der Waals surface area contributed by atoms with Gasteiger partial charge in [0.1, 0.15) is 12.4 Å². The molecule has 0 saturated carbocycles. The van der Waals surface area contributed by atoms with Crippen molar-refractivity contribution in [2.45, 2.75) is 6.61 Å². The number of benzene rings is 2. The van der Waals surface area contributed by atoms with Gasteiger partial charge in [0.15, 0.2) is 0 Å². The molecular formula is C19H13ClN2O3. The number of fused-ring (bicyclic) bond motifs is 2. The number of anilines is 2. The van der Waals surface area contributed by atoms with Gasteiger partial charge in [-0.25, -0.2) is 0 Å². The fourth-order valence-corrected chi connectivity index (χ4v) is 3.16. The van der Waals surface area contributed by atoms with E-state index >= 15 is 0 Å². The Kier molecular flexibility index (Phi) is 3.58. The molecule has 2 aliphatic heterocycles. The summed E-state index contributed by atoms with van der Waals surface area (Å²) in [5.41, 5.74) is 4.19. The van der Waals surface area contributed by atoms with Gasteiger partial charge in [-0.15, -0.1) is 0 Å². The Labute approximate surface area is 148 Å². The van der Waals surface area contributed by atoms with Crippen LogP contribution in [-0.2, 0) is 20.9 Å². The fourth-order valence-electron chi connectivity index (χ4n) is 2.98. The number of rotatable bonds is 2. The Morgan fingerprint density at radius 2 is 2.08 bits per heavy atom. The van der Waals surface area contributed by atoms with Crippen LogP contribution in [-0.4, -0.2) is 11.8 Å².